The van der Waals surface area contributed by atoms with Crippen LogP contribution in [-0.2, 0) is 0 Å². The second-order valence-corrected chi connectivity index (χ2v) is 6.91. The molecule has 6 heteroatoms. The fraction of sp³-hybridized carbons (Fsp3) is 0.615. The van der Waals surface area contributed by atoms with Gasteiger partial charge in [0, 0.05) is 26.1 Å². The molecule has 0 saturated carbocycles. The molecule has 0 bridgehead atoms. The average molecular weight is 299 g/mol. The lowest BCUT2D eigenvalue weighted by Crippen LogP contribution is -2.31. The highest BCUT2D eigenvalue weighted by molar-refractivity contribution is 7.99. The molecule has 0 amide bonds. The molecule has 0 aliphatic carbocycles. The number of anilines is 2. The second-order valence-electron chi connectivity index (χ2n) is 5.09. The van der Waals surface area contributed by atoms with Crippen LogP contribution in [0.4, 0.5) is 10.7 Å². The maximum Gasteiger partial charge on any atom is 0.171 e. The van der Waals surface area contributed by atoms with Crippen LogP contribution in [0.15, 0.2) is 4.90 Å². The number of carbonyl (C=O) groups excluding carboxylic acids is 1. The van der Waals surface area contributed by atoms with Gasteiger partial charge in [-0.1, -0.05) is 0 Å². The van der Waals surface area contributed by atoms with Crippen molar-refractivity contribution in [3.05, 3.63) is 4.88 Å². The monoisotopic (exact) mass is 299 g/mol. The summed E-state index contributed by atoms with van der Waals surface area (Å²) in [4.78, 5) is 18.0. The number of ketones is 1. The molecule has 1 aromatic heterocycles. The third kappa shape index (κ3) is 2.75. The van der Waals surface area contributed by atoms with Crippen LogP contribution in [0, 0.1) is 0 Å². The lowest BCUT2D eigenvalue weighted by molar-refractivity contribution is 0.102. The molecule has 1 aliphatic heterocycles. The van der Waals surface area contributed by atoms with Crippen LogP contribution in [0.1, 0.15) is 23.0 Å². The third-order valence-electron chi connectivity index (χ3n) is 3.59. The van der Waals surface area contributed by atoms with Crippen LogP contribution in [0.25, 0.3) is 0 Å². The number of nitrogens with zero attached hydrogens (tertiary/aromatic N) is 2. The van der Waals surface area contributed by atoms with Crippen LogP contribution < -0.4 is 10.6 Å². The van der Waals surface area contributed by atoms with Gasteiger partial charge in [0.05, 0.1) is 15.5 Å². The summed E-state index contributed by atoms with van der Waals surface area (Å²) < 4.78 is 0. The zero-order valence-corrected chi connectivity index (χ0v) is 13.5. The highest BCUT2D eigenvalue weighted by atomic mass is 32.2. The van der Waals surface area contributed by atoms with Crippen LogP contribution in [0.3, 0.4) is 0 Å². The van der Waals surface area contributed by atoms with Crippen molar-refractivity contribution in [3.63, 3.8) is 0 Å². The van der Waals surface area contributed by atoms with Crippen molar-refractivity contribution in [3.8, 4) is 0 Å². The lowest BCUT2D eigenvalue weighted by atomic mass is 10.2. The minimum Gasteiger partial charge on any atom is -0.396 e. The van der Waals surface area contributed by atoms with Gasteiger partial charge in [0.2, 0.25) is 0 Å². The third-order valence-corrected chi connectivity index (χ3v) is 5.90. The number of carbonyl (C=O) groups is 1. The molecule has 0 spiro atoms. The Hall–Kier alpha value is -0.720. The first-order valence-corrected chi connectivity index (χ1v) is 8.38. The topological polar surface area (TPSA) is 49.6 Å². The first-order chi connectivity index (χ1) is 8.95. The van der Waals surface area contributed by atoms with E-state index in [0.29, 0.717) is 16.6 Å². The largest absolute Gasteiger partial charge is 0.396 e. The summed E-state index contributed by atoms with van der Waals surface area (Å²) in [5, 5.41) is 1.17. The van der Waals surface area contributed by atoms with Gasteiger partial charge in [0.25, 0.3) is 0 Å². The van der Waals surface area contributed by atoms with Gasteiger partial charge in [0.1, 0.15) is 5.00 Å². The number of nitrogens with two attached hydrogens (primary N) is 1. The van der Waals surface area contributed by atoms with Crippen molar-refractivity contribution in [1.29, 1.82) is 0 Å². The first-order valence-electron chi connectivity index (χ1n) is 6.34. The number of hydrogen-bond acceptors (Lipinski definition) is 6. The highest BCUT2D eigenvalue weighted by Gasteiger charge is 2.29. The Morgan fingerprint density at radius 3 is 2.68 bits per heavy atom. The molecule has 2 rings (SSSR count). The van der Waals surface area contributed by atoms with Crippen molar-refractivity contribution < 1.29 is 4.79 Å². The summed E-state index contributed by atoms with van der Waals surface area (Å²) in [6.07, 6.45) is 3.18. The smallest absolute Gasteiger partial charge is 0.171 e. The molecule has 1 aliphatic rings. The number of nitrogen functional groups attached to an aromatic ring is 1. The van der Waals surface area contributed by atoms with Gasteiger partial charge in [-0.15, -0.1) is 23.1 Å². The number of thioether (sulfide) groups is 1. The number of rotatable bonds is 4. The van der Waals surface area contributed by atoms with E-state index in [1.165, 1.54) is 5.00 Å². The molecule has 106 valence electrons. The summed E-state index contributed by atoms with van der Waals surface area (Å²) >= 11 is 3.18. The van der Waals surface area contributed by atoms with Crippen LogP contribution >= 0.6 is 23.1 Å². The minimum absolute atomic E-state index is 0.0624. The number of hydrogen-bond donors (Lipinski definition) is 1. The summed E-state index contributed by atoms with van der Waals surface area (Å²) in [5.74, 6) is 0.0624. The molecule has 4 nitrogen and oxygen atoms in total. The van der Waals surface area contributed by atoms with Gasteiger partial charge < -0.3 is 15.5 Å². The number of Topliss-reactive ketones (excluding diaryl/α,β-unsaturated/α-hetero) is 1. The Morgan fingerprint density at radius 2 is 2.21 bits per heavy atom. The minimum atomic E-state index is 0.0624. The van der Waals surface area contributed by atoms with Gasteiger partial charge in [0.15, 0.2) is 5.78 Å². The van der Waals surface area contributed by atoms with Crippen molar-refractivity contribution in [2.24, 2.45) is 0 Å². The maximum atomic E-state index is 11.6. The molecule has 19 heavy (non-hydrogen) atoms. The molecule has 2 N–H and O–H groups in total. The van der Waals surface area contributed by atoms with Gasteiger partial charge in [-0.2, -0.15) is 0 Å². The van der Waals surface area contributed by atoms with E-state index in [1.807, 2.05) is 6.26 Å². The predicted molar refractivity (Wildman–Crippen MR) is 84.8 cm³/mol. The van der Waals surface area contributed by atoms with Crippen molar-refractivity contribution in [1.82, 2.24) is 4.90 Å². The zero-order valence-electron chi connectivity index (χ0n) is 11.9. The van der Waals surface area contributed by atoms with E-state index in [-0.39, 0.29) is 5.78 Å². The van der Waals surface area contributed by atoms with E-state index in [9.17, 15) is 4.79 Å². The Balaban J connectivity index is 2.30. The van der Waals surface area contributed by atoms with E-state index in [2.05, 4.69) is 23.9 Å². The molecule has 1 atom stereocenters. The first kappa shape index (κ1) is 14.7. The Morgan fingerprint density at radius 1 is 1.53 bits per heavy atom. The van der Waals surface area contributed by atoms with Crippen molar-refractivity contribution >= 4 is 39.6 Å². The van der Waals surface area contributed by atoms with E-state index >= 15 is 0 Å². The normalized spacial score (nSPS) is 19.4. The van der Waals surface area contributed by atoms with E-state index in [4.69, 9.17) is 5.73 Å². The fourth-order valence-electron chi connectivity index (χ4n) is 2.43. The highest BCUT2D eigenvalue weighted by Crippen LogP contribution is 2.45. The van der Waals surface area contributed by atoms with E-state index in [1.54, 1.807) is 30.0 Å². The molecule has 2 heterocycles. The SMILES string of the molecule is CSc1c(N2CCC(N(C)C)C2)sc(C(C)=O)c1N. The molecule has 1 unspecified atom stereocenters. The predicted octanol–water partition coefficient (Wildman–Crippen LogP) is 2.40. The summed E-state index contributed by atoms with van der Waals surface area (Å²) in [7, 11) is 4.24. The Bertz CT molecular complexity index is 484. The van der Waals surface area contributed by atoms with Gasteiger partial charge >= 0.3 is 0 Å². The van der Waals surface area contributed by atoms with Crippen LogP contribution in [0.2, 0.25) is 0 Å². The van der Waals surface area contributed by atoms with E-state index < -0.39 is 0 Å². The molecule has 0 radical (unpaired) electrons. The lowest BCUT2D eigenvalue weighted by Gasteiger charge is -2.21. The quantitative estimate of drug-likeness (QED) is 0.683. The molecular weight excluding hydrogens is 278 g/mol. The summed E-state index contributed by atoms with van der Waals surface area (Å²) in [6.45, 7) is 3.63. The number of likely N-dealkylation sites (N-methyl/N-ethyl adjacent to an activating group) is 1. The summed E-state index contributed by atoms with van der Waals surface area (Å²) in [5.41, 5.74) is 6.77. The standard InChI is InChI=1S/C13H21N3OS2/c1-8(17)11-10(14)12(18-4)13(19-11)16-6-5-9(7-16)15(2)3/h9H,5-7,14H2,1-4H3. The van der Waals surface area contributed by atoms with Crippen molar-refractivity contribution in [2.75, 3.05) is 44.1 Å². The van der Waals surface area contributed by atoms with Gasteiger partial charge in [-0.05, 0) is 26.8 Å². The zero-order chi connectivity index (χ0) is 14.2. The molecule has 1 saturated heterocycles. The van der Waals surface area contributed by atoms with E-state index in [0.717, 1.165) is 24.4 Å². The number of thiophene rings is 1. The molecule has 1 fully saturated rings. The van der Waals surface area contributed by atoms with Gasteiger partial charge in [-0.25, -0.2) is 0 Å². The van der Waals surface area contributed by atoms with Gasteiger partial charge in [-0.3, -0.25) is 4.79 Å². The Labute approximate surface area is 122 Å². The fourth-order valence-corrected chi connectivity index (χ4v) is 4.54. The Kier molecular flexibility index (Phi) is 4.43. The summed E-state index contributed by atoms with van der Waals surface area (Å²) in [6, 6.07) is 0.582. The maximum absolute atomic E-state index is 11.6. The second kappa shape index (κ2) is 5.73. The van der Waals surface area contributed by atoms with Crippen LogP contribution in [-0.4, -0.2) is 50.2 Å². The van der Waals surface area contributed by atoms with Crippen LogP contribution in [0.5, 0.6) is 0 Å². The molecule has 1 aromatic rings. The van der Waals surface area contributed by atoms with Crippen molar-refractivity contribution in [2.45, 2.75) is 24.3 Å². The average Bonchev–Trinajstić information content (AvgIpc) is 2.92. The molecular formula is C13H21N3OS2. The molecule has 0 aromatic carbocycles.